The Kier molecular flexibility index (Phi) is 9.41. The second-order valence-electron chi connectivity index (χ2n) is 8.64. The van der Waals surface area contributed by atoms with Gasteiger partial charge in [0.25, 0.3) is 0 Å². The molecule has 0 radical (unpaired) electrons. The lowest BCUT2D eigenvalue weighted by atomic mass is 9.72. The van der Waals surface area contributed by atoms with Crippen LogP contribution in [0.15, 0.2) is 34.9 Å². The molecule has 29 heavy (non-hydrogen) atoms. The lowest BCUT2D eigenvalue weighted by Gasteiger charge is -2.45. The van der Waals surface area contributed by atoms with E-state index in [0.717, 1.165) is 38.5 Å². The summed E-state index contributed by atoms with van der Waals surface area (Å²) in [5, 5.41) is 32.5. The van der Waals surface area contributed by atoms with E-state index in [1.165, 1.54) is 6.42 Å². The van der Waals surface area contributed by atoms with Crippen LogP contribution in [0.5, 0.6) is 0 Å². The number of aliphatic carboxylic acids is 1. The van der Waals surface area contributed by atoms with E-state index in [0.29, 0.717) is 34.9 Å². The number of halogens is 1. The predicted molar refractivity (Wildman–Crippen MR) is 117 cm³/mol. The van der Waals surface area contributed by atoms with Gasteiger partial charge in [0.05, 0.1) is 6.10 Å². The Morgan fingerprint density at radius 3 is 2.62 bits per heavy atom. The van der Waals surface area contributed by atoms with Crippen molar-refractivity contribution < 1.29 is 20.1 Å². The maximum atomic E-state index is 11.1. The molecule has 0 bridgehead atoms. The number of allylic oxidation sites excluding steroid dienone is 1. The molecule has 1 spiro atoms. The Hall–Kier alpha value is -1.14. The third kappa shape index (κ3) is 6.95. The normalized spacial score (nSPS) is 30.8. The smallest absolute Gasteiger partial charge is 0.330 e. The summed E-state index contributed by atoms with van der Waals surface area (Å²) in [7, 11) is 0. The Labute approximate surface area is 179 Å². The van der Waals surface area contributed by atoms with Crippen LogP contribution in [-0.2, 0) is 4.79 Å². The molecule has 164 valence electrons. The summed E-state index contributed by atoms with van der Waals surface area (Å²) in [6.45, 7) is 3.83. The first kappa shape index (κ1) is 24.1. The zero-order chi connectivity index (χ0) is 21.4. The van der Waals surface area contributed by atoms with E-state index >= 15 is 0 Å². The highest BCUT2D eigenvalue weighted by Gasteiger charge is 2.46. The Bertz CT molecular complexity index is 645. The summed E-state index contributed by atoms with van der Waals surface area (Å²) in [4.78, 5) is 11.1. The van der Waals surface area contributed by atoms with E-state index in [9.17, 15) is 9.90 Å². The second kappa shape index (κ2) is 11.3. The molecule has 5 atom stereocenters. The van der Waals surface area contributed by atoms with Crippen molar-refractivity contribution in [3.05, 3.63) is 34.9 Å². The van der Waals surface area contributed by atoms with E-state index in [4.69, 9.17) is 21.8 Å². The van der Waals surface area contributed by atoms with Crippen LogP contribution in [0, 0.1) is 11.8 Å². The average Bonchev–Trinajstić information content (AvgIpc) is 3.06. The number of carbonyl (C=O) groups is 1. The van der Waals surface area contributed by atoms with Gasteiger partial charge in [-0.25, -0.2) is 4.79 Å². The Morgan fingerprint density at radius 1 is 1.28 bits per heavy atom. The molecule has 2 rings (SSSR count). The SMILES string of the molecule is C/C(=C\CC1CCC[C@]2(CCC[C@@H]2C(C)/C=C/[C@@H](O)/C=C(\Cl)CCO)N1)C(=O)O. The van der Waals surface area contributed by atoms with Crippen molar-refractivity contribution >= 4 is 17.6 Å². The molecule has 0 aromatic rings. The van der Waals surface area contributed by atoms with Crippen molar-refractivity contribution in [2.75, 3.05) is 6.61 Å². The summed E-state index contributed by atoms with van der Waals surface area (Å²) in [5.41, 5.74) is 0.514. The van der Waals surface area contributed by atoms with Gasteiger partial charge in [0, 0.05) is 35.2 Å². The van der Waals surface area contributed by atoms with Crippen LogP contribution in [0.2, 0.25) is 0 Å². The maximum absolute atomic E-state index is 11.1. The maximum Gasteiger partial charge on any atom is 0.330 e. The van der Waals surface area contributed by atoms with Gasteiger partial charge in [-0.2, -0.15) is 0 Å². The van der Waals surface area contributed by atoms with Crippen LogP contribution in [-0.4, -0.2) is 45.6 Å². The van der Waals surface area contributed by atoms with E-state index in [2.05, 4.69) is 18.3 Å². The zero-order valence-electron chi connectivity index (χ0n) is 17.6. The minimum atomic E-state index is -0.847. The fraction of sp³-hybridized carbons (Fsp3) is 0.696. The van der Waals surface area contributed by atoms with Gasteiger partial charge < -0.3 is 20.6 Å². The zero-order valence-corrected chi connectivity index (χ0v) is 18.4. The number of carboxylic acid groups (broad SMARTS) is 1. The molecule has 0 aromatic heterocycles. The predicted octanol–water partition coefficient (Wildman–Crippen LogP) is 4.15. The fourth-order valence-electron chi connectivity index (χ4n) is 5.01. The van der Waals surface area contributed by atoms with E-state index in [1.54, 1.807) is 19.1 Å². The second-order valence-corrected chi connectivity index (χ2v) is 9.12. The van der Waals surface area contributed by atoms with Gasteiger partial charge in [-0.3, -0.25) is 0 Å². The standard InChI is InChI=1S/C23H36ClNO4/c1-16(8-10-20(27)15-18(24)11-14-26)21-6-4-13-23(21)12-3-5-19(25-23)9-7-17(2)22(28)29/h7-8,10,15-16,19-21,25-27H,3-6,9,11-14H2,1-2H3,(H,28,29)/b10-8+,17-7+,18-15-/t16?,19?,20-,21-,23-/m1/s1. The van der Waals surface area contributed by atoms with Gasteiger partial charge in [0.1, 0.15) is 0 Å². The molecule has 1 saturated carbocycles. The number of rotatable bonds is 9. The Balaban J connectivity index is 2.01. The van der Waals surface area contributed by atoms with E-state index < -0.39 is 12.1 Å². The number of carboxylic acids is 1. The minimum absolute atomic E-state index is 0.0270. The summed E-state index contributed by atoms with van der Waals surface area (Å²) in [5.74, 6) is -0.0327. The van der Waals surface area contributed by atoms with Crippen LogP contribution in [0.3, 0.4) is 0 Å². The molecule has 1 aliphatic carbocycles. The minimum Gasteiger partial charge on any atom is -0.478 e. The number of aliphatic hydroxyl groups is 2. The number of nitrogens with one attached hydrogen (secondary N) is 1. The first-order valence-corrected chi connectivity index (χ1v) is 11.2. The molecule has 0 amide bonds. The summed E-state index contributed by atoms with van der Waals surface area (Å²) < 4.78 is 0. The first-order valence-electron chi connectivity index (χ1n) is 10.8. The van der Waals surface area contributed by atoms with Crippen molar-refractivity contribution in [3.8, 4) is 0 Å². The van der Waals surface area contributed by atoms with Gasteiger partial charge in [-0.15, -0.1) is 0 Å². The highest BCUT2D eigenvalue weighted by atomic mass is 35.5. The quantitative estimate of drug-likeness (QED) is 0.329. The van der Waals surface area contributed by atoms with Crippen molar-refractivity contribution in [2.24, 2.45) is 11.8 Å². The van der Waals surface area contributed by atoms with Gasteiger partial charge in [-0.05, 0) is 56.9 Å². The summed E-state index contributed by atoms with van der Waals surface area (Å²) >= 11 is 5.98. The third-order valence-electron chi connectivity index (χ3n) is 6.51. The molecular formula is C23H36ClNO4. The third-order valence-corrected chi connectivity index (χ3v) is 6.82. The van der Waals surface area contributed by atoms with Gasteiger partial charge >= 0.3 is 5.97 Å². The molecular weight excluding hydrogens is 390 g/mol. The lowest BCUT2D eigenvalue weighted by molar-refractivity contribution is -0.132. The summed E-state index contributed by atoms with van der Waals surface area (Å²) in [6, 6.07) is 0.320. The average molecular weight is 426 g/mol. The molecule has 2 aliphatic rings. The van der Waals surface area contributed by atoms with Crippen LogP contribution in [0.1, 0.15) is 65.2 Å². The molecule has 1 heterocycles. The molecule has 5 nitrogen and oxygen atoms in total. The first-order chi connectivity index (χ1) is 13.8. The number of aliphatic hydroxyl groups excluding tert-OH is 2. The number of hydrogen-bond donors (Lipinski definition) is 4. The van der Waals surface area contributed by atoms with Gasteiger partial charge in [0.2, 0.25) is 0 Å². The number of hydrogen-bond acceptors (Lipinski definition) is 4. The van der Waals surface area contributed by atoms with Crippen LogP contribution in [0.4, 0.5) is 0 Å². The topological polar surface area (TPSA) is 89.8 Å². The molecule has 2 unspecified atom stereocenters. The molecule has 0 aromatic carbocycles. The van der Waals surface area contributed by atoms with Crippen LogP contribution < -0.4 is 5.32 Å². The van der Waals surface area contributed by atoms with Gasteiger partial charge in [-0.1, -0.05) is 49.6 Å². The van der Waals surface area contributed by atoms with Crippen LogP contribution in [0.25, 0.3) is 0 Å². The summed E-state index contributed by atoms with van der Waals surface area (Å²) in [6.07, 6.45) is 14.5. The highest BCUT2D eigenvalue weighted by molar-refractivity contribution is 6.29. The highest BCUT2D eigenvalue weighted by Crippen LogP contribution is 2.46. The fourth-order valence-corrected chi connectivity index (χ4v) is 5.22. The largest absolute Gasteiger partial charge is 0.478 e. The monoisotopic (exact) mass is 425 g/mol. The van der Waals surface area contributed by atoms with E-state index in [1.807, 2.05) is 6.08 Å². The lowest BCUT2D eigenvalue weighted by Crippen LogP contribution is -2.56. The van der Waals surface area contributed by atoms with Crippen molar-refractivity contribution in [2.45, 2.75) is 82.9 Å². The Morgan fingerprint density at radius 2 is 1.97 bits per heavy atom. The molecule has 1 saturated heterocycles. The molecule has 4 N–H and O–H groups in total. The van der Waals surface area contributed by atoms with E-state index in [-0.39, 0.29) is 12.1 Å². The number of piperidine rings is 1. The van der Waals surface area contributed by atoms with Crippen molar-refractivity contribution in [1.29, 1.82) is 0 Å². The molecule has 2 fully saturated rings. The van der Waals surface area contributed by atoms with Gasteiger partial charge in [0.15, 0.2) is 0 Å². The van der Waals surface area contributed by atoms with Crippen molar-refractivity contribution in [1.82, 2.24) is 5.32 Å². The van der Waals surface area contributed by atoms with Crippen molar-refractivity contribution in [3.63, 3.8) is 0 Å². The molecule has 1 aliphatic heterocycles. The molecule has 6 heteroatoms. The van der Waals surface area contributed by atoms with Crippen LogP contribution >= 0.6 is 11.6 Å².